The second kappa shape index (κ2) is 7.55. The molecule has 0 radical (unpaired) electrons. The summed E-state index contributed by atoms with van der Waals surface area (Å²) in [5, 5.41) is 7.87. The smallest absolute Gasteiger partial charge is 0.238 e. The maximum atomic E-state index is 13.5. The second-order valence-corrected chi connectivity index (χ2v) is 7.06. The standard InChI is InChI=1S/C17H19FN2O3S/c1-12(14-6-4-7-15(11-14)24(19,22)23)20-17(21)10-9-13-5-2-3-8-16(13)18/h2-8,11-12H,9-10H2,1H3,(H,20,21)(H2,19,22,23). The molecule has 2 rings (SSSR count). The monoisotopic (exact) mass is 350 g/mol. The Labute approximate surface area is 140 Å². The van der Waals surface area contributed by atoms with Gasteiger partial charge in [0, 0.05) is 6.42 Å². The first-order valence-electron chi connectivity index (χ1n) is 7.43. The summed E-state index contributed by atoms with van der Waals surface area (Å²) < 4.78 is 36.3. The van der Waals surface area contributed by atoms with Gasteiger partial charge >= 0.3 is 0 Å². The zero-order valence-corrected chi connectivity index (χ0v) is 14.0. The van der Waals surface area contributed by atoms with E-state index in [4.69, 9.17) is 5.14 Å². The number of sulfonamides is 1. The summed E-state index contributed by atoms with van der Waals surface area (Å²) in [4.78, 5) is 12.0. The summed E-state index contributed by atoms with van der Waals surface area (Å²) in [6, 6.07) is 12.0. The highest BCUT2D eigenvalue weighted by molar-refractivity contribution is 7.89. The van der Waals surface area contributed by atoms with Gasteiger partial charge in [0.05, 0.1) is 10.9 Å². The maximum Gasteiger partial charge on any atom is 0.238 e. The van der Waals surface area contributed by atoms with Crippen molar-refractivity contribution in [2.75, 3.05) is 0 Å². The molecule has 7 heteroatoms. The number of halogens is 1. The molecular weight excluding hydrogens is 331 g/mol. The van der Waals surface area contributed by atoms with E-state index < -0.39 is 10.0 Å². The van der Waals surface area contributed by atoms with Gasteiger partial charge in [0.25, 0.3) is 0 Å². The fraction of sp³-hybridized carbons (Fsp3) is 0.235. The van der Waals surface area contributed by atoms with E-state index in [9.17, 15) is 17.6 Å². The zero-order chi connectivity index (χ0) is 17.7. The predicted octanol–water partition coefficient (Wildman–Crippen LogP) is 2.28. The van der Waals surface area contributed by atoms with E-state index in [0.29, 0.717) is 17.5 Å². The van der Waals surface area contributed by atoms with Crippen LogP contribution in [0, 0.1) is 5.82 Å². The highest BCUT2D eigenvalue weighted by atomic mass is 32.2. The van der Waals surface area contributed by atoms with E-state index in [1.807, 2.05) is 0 Å². The van der Waals surface area contributed by atoms with Crippen LogP contribution < -0.4 is 10.5 Å². The van der Waals surface area contributed by atoms with Gasteiger partial charge in [-0.25, -0.2) is 17.9 Å². The van der Waals surface area contributed by atoms with Crippen LogP contribution >= 0.6 is 0 Å². The first-order chi connectivity index (χ1) is 11.3. The molecule has 0 saturated carbocycles. The lowest BCUT2D eigenvalue weighted by molar-refractivity contribution is -0.121. The third kappa shape index (κ3) is 4.87. The van der Waals surface area contributed by atoms with Crippen molar-refractivity contribution < 1.29 is 17.6 Å². The first-order valence-corrected chi connectivity index (χ1v) is 8.97. The molecule has 128 valence electrons. The summed E-state index contributed by atoms with van der Waals surface area (Å²) in [5.41, 5.74) is 1.11. The molecule has 0 aliphatic heterocycles. The average Bonchev–Trinajstić information content (AvgIpc) is 2.53. The number of hydrogen-bond donors (Lipinski definition) is 2. The highest BCUT2D eigenvalue weighted by Gasteiger charge is 2.14. The molecule has 1 atom stereocenters. The topological polar surface area (TPSA) is 89.3 Å². The van der Waals surface area contributed by atoms with Gasteiger partial charge in [0.15, 0.2) is 0 Å². The Bertz CT molecular complexity index is 837. The quantitative estimate of drug-likeness (QED) is 0.837. The van der Waals surface area contributed by atoms with Crippen molar-refractivity contribution in [1.29, 1.82) is 0 Å². The van der Waals surface area contributed by atoms with Crippen LogP contribution in [0.3, 0.4) is 0 Å². The Kier molecular flexibility index (Phi) is 5.69. The fourth-order valence-electron chi connectivity index (χ4n) is 2.31. The Hall–Kier alpha value is -2.25. The molecule has 3 N–H and O–H groups in total. The first kappa shape index (κ1) is 18.1. The lowest BCUT2D eigenvalue weighted by Crippen LogP contribution is -2.27. The molecule has 0 spiro atoms. The molecule has 2 aromatic rings. The zero-order valence-electron chi connectivity index (χ0n) is 13.2. The molecular formula is C17H19FN2O3S. The summed E-state index contributed by atoms with van der Waals surface area (Å²) in [5.74, 6) is -0.578. The van der Waals surface area contributed by atoms with Gasteiger partial charge in [0.1, 0.15) is 5.82 Å². The maximum absolute atomic E-state index is 13.5. The van der Waals surface area contributed by atoms with Crippen molar-refractivity contribution in [3.8, 4) is 0 Å². The second-order valence-electron chi connectivity index (χ2n) is 5.50. The van der Waals surface area contributed by atoms with Crippen LogP contribution in [0.15, 0.2) is 53.4 Å². The van der Waals surface area contributed by atoms with Gasteiger partial charge in [-0.3, -0.25) is 4.79 Å². The number of amides is 1. The van der Waals surface area contributed by atoms with Crippen LogP contribution in [0.25, 0.3) is 0 Å². The molecule has 0 heterocycles. The Morgan fingerprint density at radius 3 is 2.58 bits per heavy atom. The third-order valence-corrected chi connectivity index (χ3v) is 4.55. The molecule has 2 aromatic carbocycles. The molecule has 0 aliphatic rings. The molecule has 0 aliphatic carbocycles. The van der Waals surface area contributed by atoms with Crippen molar-refractivity contribution >= 4 is 15.9 Å². The lowest BCUT2D eigenvalue weighted by Gasteiger charge is -2.15. The summed E-state index contributed by atoms with van der Waals surface area (Å²) in [7, 11) is -3.79. The number of primary sulfonamides is 1. The molecule has 0 aromatic heterocycles. The number of aryl methyl sites for hydroxylation is 1. The minimum atomic E-state index is -3.79. The minimum absolute atomic E-state index is 0.00699. The van der Waals surface area contributed by atoms with Crippen LogP contribution in [0.4, 0.5) is 4.39 Å². The fourth-order valence-corrected chi connectivity index (χ4v) is 2.88. The Morgan fingerprint density at radius 1 is 1.21 bits per heavy atom. The van der Waals surface area contributed by atoms with Gasteiger partial charge in [-0.15, -0.1) is 0 Å². The number of hydrogen-bond acceptors (Lipinski definition) is 3. The highest BCUT2D eigenvalue weighted by Crippen LogP contribution is 2.17. The number of nitrogens with one attached hydrogen (secondary N) is 1. The summed E-state index contributed by atoms with van der Waals surface area (Å²) >= 11 is 0. The lowest BCUT2D eigenvalue weighted by atomic mass is 10.1. The van der Waals surface area contributed by atoms with Crippen LogP contribution in [0.2, 0.25) is 0 Å². The van der Waals surface area contributed by atoms with E-state index in [1.165, 1.54) is 18.2 Å². The van der Waals surface area contributed by atoms with Gasteiger partial charge in [-0.2, -0.15) is 0 Å². The number of rotatable bonds is 6. The van der Waals surface area contributed by atoms with Crippen LogP contribution in [0.5, 0.6) is 0 Å². The van der Waals surface area contributed by atoms with Gasteiger partial charge in [-0.05, 0) is 42.7 Å². The molecule has 1 amide bonds. The molecule has 1 unspecified atom stereocenters. The minimum Gasteiger partial charge on any atom is -0.350 e. The summed E-state index contributed by atoms with van der Waals surface area (Å²) in [6.07, 6.45) is 0.433. The predicted molar refractivity (Wildman–Crippen MR) is 89.1 cm³/mol. The largest absolute Gasteiger partial charge is 0.350 e. The number of carbonyl (C=O) groups is 1. The average molecular weight is 350 g/mol. The number of nitrogens with two attached hydrogens (primary N) is 1. The van der Waals surface area contributed by atoms with Gasteiger partial charge in [0.2, 0.25) is 15.9 Å². The van der Waals surface area contributed by atoms with Crippen molar-refractivity contribution in [1.82, 2.24) is 5.32 Å². The van der Waals surface area contributed by atoms with E-state index >= 15 is 0 Å². The molecule has 0 saturated heterocycles. The van der Waals surface area contributed by atoms with Crippen LogP contribution in [-0.2, 0) is 21.2 Å². The Balaban J connectivity index is 1.98. The van der Waals surface area contributed by atoms with E-state index in [0.717, 1.165) is 0 Å². The van der Waals surface area contributed by atoms with Crippen LogP contribution in [0.1, 0.15) is 30.5 Å². The molecule has 0 fully saturated rings. The van der Waals surface area contributed by atoms with Gasteiger partial charge < -0.3 is 5.32 Å². The number of carbonyl (C=O) groups excluding carboxylic acids is 1. The van der Waals surface area contributed by atoms with Crippen LogP contribution in [-0.4, -0.2) is 14.3 Å². The summed E-state index contributed by atoms with van der Waals surface area (Å²) in [6.45, 7) is 1.74. The Morgan fingerprint density at radius 2 is 1.92 bits per heavy atom. The van der Waals surface area contributed by atoms with Crippen molar-refractivity contribution in [2.45, 2.75) is 30.7 Å². The number of benzene rings is 2. The van der Waals surface area contributed by atoms with Crippen molar-refractivity contribution in [2.24, 2.45) is 5.14 Å². The van der Waals surface area contributed by atoms with E-state index in [1.54, 1.807) is 37.3 Å². The van der Waals surface area contributed by atoms with E-state index in [-0.39, 0.29) is 29.1 Å². The van der Waals surface area contributed by atoms with Gasteiger partial charge in [-0.1, -0.05) is 30.3 Å². The molecule has 5 nitrogen and oxygen atoms in total. The van der Waals surface area contributed by atoms with Crippen molar-refractivity contribution in [3.05, 3.63) is 65.5 Å². The normalized spacial score (nSPS) is 12.6. The molecule has 24 heavy (non-hydrogen) atoms. The van der Waals surface area contributed by atoms with Crippen molar-refractivity contribution in [3.63, 3.8) is 0 Å². The third-order valence-electron chi connectivity index (χ3n) is 3.64. The molecule has 0 bridgehead atoms. The van der Waals surface area contributed by atoms with E-state index in [2.05, 4.69) is 5.32 Å². The SMILES string of the molecule is CC(NC(=O)CCc1ccccc1F)c1cccc(S(N)(=O)=O)c1.